The summed E-state index contributed by atoms with van der Waals surface area (Å²) in [5.41, 5.74) is 0.576. The number of rotatable bonds is 4. The lowest BCUT2D eigenvalue weighted by atomic mass is 9.95. The minimum atomic E-state index is -0.966. The van der Waals surface area contributed by atoms with Gasteiger partial charge in [-0.3, -0.25) is 9.59 Å². The molecule has 1 aliphatic rings. The SMILES string of the molecule is O=C1C(=O)N(Cc2ccco2)[C@H](c2cccc(F)c2)C1=C(O)c1ccc(Cl)cc1. The van der Waals surface area contributed by atoms with Crippen LogP contribution >= 0.6 is 11.6 Å². The number of benzene rings is 2. The second-order valence-electron chi connectivity index (χ2n) is 6.57. The van der Waals surface area contributed by atoms with Gasteiger partial charge in [-0.05, 0) is 54.1 Å². The third kappa shape index (κ3) is 3.54. The van der Waals surface area contributed by atoms with E-state index in [0.29, 0.717) is 21.9 Å². The van der Waals surface area contributed by atoms with Crippen LogP contribution in [0, 0.1) is 5.82 Å². The van der Waals surface area contributed by atoms with Gasteiger partial charge < -0.3 is 14.4 Å². The number of aliphatic hydroxyl groups excluding tert-OH is 1. The van der Waals surface area contributed by atoms with E-state index in [-0.39, 0.29) is 17.9 Å². The molecule has 2 aromatic carbocycles. The Labute approximate surface area is 170 Å². The minimum Gasteiger partial charge on any atom is -0.507 e. The zero-order valence-electron chi connectivity index (χ0n) is 15.0. The van der Waals surface area contributed by atoms with Crippen LogP contribution in [0.5, 0.6) is 0 Å². The van der Waals surface area contributed by atoms with Crippen LogP contribution in [0.3, 0.4) is 0 Å². The summed E-state index contributed by atoms with van der Waals surface area (Å²) in [4.78, 5) is 26.9. The van der Waals surface area contributed by atoms with Crippen LogP contribution in [-0.2, 0) is 16.1 Å². The first-order valence-electron chi connectivity index (χ1n) is 8.78. The van der Waals surface area contributed by atoms with E-state index in [1.807, 2.05) is 0 Å². The molecule has 2 heterocycles. The van der Waals surface area contributed by atoms with Crippen LogP contribution in [0.1, 0.15) is 22.9 Å². The molecule has 5 nitrogen and oxygen atoms in total. The molecule has 1 aliphatic heterocycles. The van der Waals surface area contributed by atoms with E-state index in [0.717, 1.165) is 0 Å². The smallest absolute Gasteiger partial charge is 0.296 e. The number of likely N-dealkylation sites (tertiary alicyclic amines) is 1. The highest BCUT2D eigenvalue weighted by Gasteiger charge is 2.46. The molecule has 146 valence electrons. The lowest BCUT2D eigenvalue weighted by Crippen LogP contribution is -2.29. The molecule has 0 spiro atoms. The van der Waals surface area contributed by atoms with Gasteiger partial charge in [0.1, 0.15) is 17.3 Å². The van der Waals surface area contributed by atoms with Crippen LogP contribution in [0.25, 0.3) is 5.76 Å². The number of halogens is 2. The maximum Gasteiger partial charge on any atom is 0.296 e. The van der Waals surface area contributed by atoms with Gasteiger partial charge in [0, 0.05) is 10.6 Å². The van der Waals surface area contributed by atoms with Gasteiger partial charge in [0.05, 0.1) is 24.4 Å². The van der Waals surface area contributed by atoms with Gasteiger partial charge in [-0.2, -0.15) is 0 Å². The molecule has 0 bridgehead atoms. The maximum absolute atomic E-state index is 13.9. The van der Waals surface area contributed by atoms with Crippen molar-refractivity contribution >= 4 is 29.1 Å². The van der Waals surface area contributed by atoms with Gasteiger partial charge in [-0.15, -0.1) is 0 Å². The Bertz CT molecular complexity index is 1110. The number of aliphatic hydroxyl groups is 1. The van der Waals surface area contributed by atoms with Crippen LogP contribution < -0.4 is 0 Å². The molecular formula is C22H15ClFNO4. The normalized spacial score (nSPS) is 18.4. The Balaban J connectivity index is 1.87. The van der Waals surface area contributed by atoms with Crippen molar-refractivity contribution in [3.05, 3.63) is 100 Å². The van der Waals surface area contributed by atoms with Crippen molar-refractivity contribution < 1.29 is 23.5 Å². The molecule has 3 aromatic rings. The first kappa shape index (κ1) is 19.0. The molecule has 0 unspecified atom stereocenters. The quantitative estimate of drug-likeness (QED) is 0.384. The molecule has 4 rings (SSSR count). The summed E-state index contributed by atoms with van der Waals surface area (Å²) in [5, 5.41) is 11.3. The van der Waals surface area contributed by atoms with Crippen LogP contribution in [0.2, 0.25) is 5.02 Å². The first-order valence-corrected chi connectivity index (χ1v) is 9.15. The Kier molecular flexibility index (Phi) is 4.94. The van der Waals surface area contributed by atoms with E-state index in [1.54, 1.807) is 42.5 Å². The molecule has 1 saturated heterocycles. The Morgan fingerprint density at radius 3 is 2.52 bits per heavy atom. The average molecular weight is 412 g/mol. The fraction of sp³-hybridized carbons (Fsp3) is 0.0909. The van der Waals surface area contributed by atoms with Crippen LogP contribution in [0.15, 0.2) is 76.9 Å². The van der Waals surface area contributed by atoms with Crippen molar-refractivity contribution in [2.24, 2.45) is 0 Å². The number of Topliss-reactive ketones (excluding diaryl/α,β-unsaturated/α-hetero) is 1. The topological polar surface area (TPSA) is 70.8 Å². The number of ketones is 1. The fourth-order valence-electron chi connectivity index (χ4n) is 3.40. The number of amides is 1. The molecule has 29 heavy (non-hydrogen) atoms. The van der Waals surface area contributed by atoms with Gasteiger partial charge in [0.2, 0.25) is 0 Å². The molecule has 1 amide bonds. The Hall–Kier alpha value is -3.38. The van der Waals surface area contributed by atoms with Crippen molar-refractivity contribution in [3.63, 3.8) is 0 Å². The fourth-order valence-corrected chi connectivity index (χ4v) is 3.53. The van der Waals surface area contributed by atoms with Crippen molar-refractivity contribution in [3.8, 4) is 0 Å². The zero-order chi connectivity index (χ0) is 20.5. The van der Waals surface area contributed by atoms with Crippen LogP contribution in [0.4, 0.5) is 4.39 Å². The standard InChI is InChI=1S/C22H15ClFNO4/c23-15-8-6-13(7-9-15)20(26)18-19(14-3-1-4-16(24)11-14)25(22(28)21(18)27)12-17-5-2-10-29-17/h1-11,19,26H,12H2/t19-/m1/s1. The van der Waals surface area contributed by atoms with Crippen molar-refractivity contribution in [2.45, 2.75) is 12.6 Å². The molecular weight excluding hydrogens is 397 g/mol. The zero-order valence-corrected chi connectivity index (χ0v) is 15.8. The highest BCUT2D eigenvalue weighted by atomic mass is 35.5. The number of furan rings is 1. The molecule has 1 N–H and O–H groups in total. The summed E-state index contributed by atoms with van der Waals surface area (Å²) in [6, 6.07) is 14.2. The molecule has 1 fully saturated rings. The average Bonchev–Trinajstić information content (AvgIpc) is 3.30. The van der Waals surface area contributed by atoms with Crippen LogP contribution in [-0.4, -0.2) is 21.7 Å². The van der Waals surface area contributed by atoms with E-state index < -0.39 is 23.5 Å². The summed E-state index contributed by atoms with van der Waals surface area (Å²) < 4.78 is 19.2. The number of carbonyl (C=O) groups excluding carboxylic acids is 2. The highest BCUT2D eigenvalue weighted by Crippen LogP contribution is 2.40. The summed E-state index contributed by atoms with van der Waals surface area (Å²) in [7, 11) is 0. The highest BCUT2D eigenvalue weighted by molar-refractivity contribution is 6.46. The Morgan fingerprint density at radius 1 is 1.10 bits per heavy atom. The predicted molar refractivity (Wildman–Crippen MR) is 104 cm³/mol. The van der Waals surface area contributed by atoms with E-state index in [4.69, 9.17) is 16.0 Å². The largest absolute Gasteiger partial charge is 0.507 e. The van der Waals surface area contributed by atoms with Crippen molar-refractivity contribution in [1.82, 2.24) is 4.90 Å². The number of hydrogen-bond acceptors (Lipinski definition) is 4. The first-order chi connectivity index (χ1) is 14.0. The van der Waals surface area contributed by atoms with E-state index in [1.165, 1.54) is 29.4 Å². The van der Waals surface area contributed by atoms with Gasteiger partial charge in [-0.25, -0.2) is 4.39 Å². The summed E-state index contributed by atoms with van der Waals surface area (Å²) in [6.07, 6.45) is 1.46. The summed E-state index contributed by atoms with van der Waals surface area (Å²) in [6.45, 7) is -0.00382. The molecule has 1 aromatic heterocycles. The van der Waals surface area contributed by atoms with E-state index >= 15 is 0 Å². The lowest BCUT2D eigenvalue weighted by Gasteiger charge is -2.24. The van der Waals surface area contributed by atoms with Crippen molar-refractivity contribution in [1.29, 1.82) is 0 Å². The van der Waals surface area contributed by atoms with Gasteiger partial charge >= 0.3 is 0 Å². The van der Waals surface area contributed by atoms with Crippen molar-refractivity contribution in [2.75, 3.05) is 0 Å². The molecule has 0 saturated carbocycles. The third-order valence-electron chi connectivity index (χ3n) is 4.73. The third-order valence-corrected chi connectivity index (χ3v) is 4.98. The van der Waals surface area contributed by atoms with Gasteiger partial charge in [0.15, 0.2) is 0 Å². The van der Waals surface area contributed by atoms with E-state index in [2.05, 4.69) is 0 Å². The summed E-state index contributed by atoms with van der Waals surface area (Å²) in [5.74, 6) is -2.06. The van der Waals surface area contributed by atoms with Gasteiger partial charge in [-0.1, -0.05) is 23.7 Å². The number of nitrogens with zero attached hydrogens (tertiary/aromatic N) is 1. The number of hydrogen-bond donors (Lipinski definition) is 1. The number of carbonyl (C=O) groups is 2. The monoisotopic (exact) mass is 411 g/mol. The lowest BCUT2D eigenvalue weighted by molar-refractivity contribution is -0.140. The molecule has 7 heteroatoms. The molecule has 1 atom stereocenters. The molecule has 0 aliphatic carbocycles. The minimum absolute atomic E-state index is 0.00382. The molecule has 0 radical (unpaired) electrons. The Morgan fingerprint density at radius 2 is 1.86 bits per heavy atom. The van der Waals surface area contributed by atoms with E-state index in [9.17, 15) is 19.1 Å². The maximum atomic E-state index is 13.9. The summed E-state index contributed by atoms with van der Waals surface area (Å²) >= 11 is 5.89. The second kappa shape index (κ2) is 7.56. The van der Waals surface area contributed by atoms with Gasteiger partial charge in [0.25, 0.3) is 11.7 Å². The predicted octanol–water partition coefficient (Wildman–Crippen LogP) is 4.69. The second-order valence-corrected chi connectivity index (χ2v) is 7.00.